The molecule has 1 aliphatic rings. The largest absolute Gasteiger partial charge is 0.479 e. The molecule has 0 bridgehead atoms. The van der Waals surface area contributed by atoms with Crippen molar-refractivity contribution in [1.82, 2.24) is 33.9 Å². The van der Waals surface area contributed by atoms with E-state index < -0.39 is 46.1 Å². The van der Waals surface area contributed by atoms with Crippen LogP contribution in [0.1, 0.15) is 25.0 Å². The summed E-state index contributed by atoms with van der Waals surface area (Å²) in [6.07, 6.45) is -0.773. The highest BCUT2D eigenvalue weighted by molar-refractivity contribution is 7.88. The van der Waals surface area contributed by atoms with E-state index in [0.29, 0.717) is 15.3 Å². The Hall–Kier alpha value is -3.53. The molecule has 0 aliphatic carbocycles. The second-order valence-corrected chi connectivity index (χ2v) is 11.3. The molecule has 0 amide bonds. The molecule has 2 atom stereocenters. The van der Waals surface area contributed by atoms with Gasteiger partial charge in [-0.2, -0.15) is 9.29 Å². The van der Waals surface area contributed by atoms with Gasteiger partial charge in [0.2, 0.25) is 21.9 Å². The lowest BCUT2D eigenvalue weighted by Crippen LogP contribution is -2.49. The van der Waals surface area contributed by atoms with Gasteiger partial charge in [-0.25, -0.2) is 35.2 Å². The summed E-state index contributed by atoms with van der Waals surface area (Å²) in [4.78, 5) is 4.00. The van der Waals surface area contributed by atoms with Gasteiger partial charge >= 0.3 is 0 Å². The Labute approximate surface area is 214 Å². The number of ether oxygens (including phenoxy) is 1. The highest BCUT2D eigenvalue weighted by atomic mass is 32.2. The Kier molecular flexibility index (Phi) is 6.21. The molecule has 16 heteroatoms. The minimum absolute atomic E-state index is 0.0484. The van der Waals surface area contributed by atoms with E-state index in [2.05, 4.69) is 20.4 Å². The topological polar surface area (TPSA) is 134 Å². The number of anilines is 1. The standard InChI is InChI=1S/C22H24F4N8O3S/c1-11(23)9-33-15-8-12(4-5-14(15)29-31-33)16-17(24)18(34-19(16)20(37-2)28-21(27)30-34)13-6-7-32(38(3,35)36)10-22(13,25)26/h4-5,8,11,13H,6-7,9-10H2,1-3H3,(H2,27,30)/t11-,13-/m1/s1. The van der Waals surface area contributed by atoms with Gasteiger partial charge in [-0.15, -0.1) is 10.2 Å². The Bertz CT molecular complexity index is 1650. The number of hydrogen-bond donors (Lipinski definition) is 1. The van der Waals surface area contributed by atoms with Gasteiger partial charge in [0.15, 0.2) is 5.82 Å². The number of sulfonamides is 1. The molecular weight excluding hydrogens is 532 g/mol. The van der Waals surface area contributed by atoms with Crippen molar-refractivity contribution in [2.75, 3.05) is 32.2 Å². The van der Waals surface area contributed by atoms with Crippen LogP contribution in [0.15, 0.2) is 18.2 Å². The van der Waals surface area contributed by atoms with Crippen LogP contribution < -0.4 is 10.5 Å². The summed E-state index contributed by atoms with van der Waals surface area (Å²) in [6, 6.07) is 4.58. The van der Waals surface area contributed by atoms with Crippen molar-refractivity contribution >= 4 is 32.5 Å². The molecule has 1 aliphatic heterocycles. The molecule has 5 rings (SSSR count). The Morgan fingerprint density at radius 2 is 2.05 bits per heavy atom. The Balaban J connectivity index is 1.75. The van der Waals surface area contributed by atoms with E-state index in [1.165, 1.54) is 30.8 Å². The van der Waals surface area contributed by atoms with Crippen molar-refractivity contribution in [2.24, 2.45) is 0 Å². The number of nitrogen functional groups attached to an aromatic ring is 1. The first-order chi connectivity index (χ1) is 17.8. The maximum Gasteiger partial charge on any atom is 0.270 e. The van der Waals surface area contributed by atoms with Crippen LogP contribution in [0.25, 0.3) is 27.7 Å². The number of rotatable bonds is 6. The van der Waals surface area contributed by atoms with Crippen LogP contribution in [0.2, 0.25) is 0 Å². The van der Waals surface area contributed by atoms with Crippen molar-refractivity contribution in [3.05, 3.63) is 29.7 Å². The van der Waals surface area contributed by atoms with E-state index in [9.17, 15) is 12.8 Å². The first-order valence-electron chi connectivity index (χ1n) is 11.5. The monoisotopic (exact) mass is 556 g/mol. The maximum atomic E-state index is 16.4. The lowest BCUT2D eigenvalue weighted by atomic mass is 9.90. The lowest BCUT2D eigenvalue weighted by molar-refractivity contribution is -0.0659. The van der Waals surface area contributed by atoms with Gasteiger partial charge in [-0.3, -0.25) is 0 Å². The second kappa shape index (κ2) is 9.04. The molecule has 38 heavy (non-hydrogen) atoms. The van der Waals surface area contributed by atoms with E-state index >= 15 is 13.2 Å². The molecule has 0 saturated carbocycles. The average Bonchev–Trinajstić information content (AvgIpc) is 3.34. The molecule has 4 heterocycles. The van der Waals surface area contributed by atoms with E-state index in [1.807, 2.05) is 0 Å². The molecule has 1 saturated heterocycles. The predicted molar refractivity (Wildman–Crippen MR) is 130 cm³/mol. The molecule has 204 valence electrons. The maximum absolute atomic E-state index is 16.4. The summed E-state index contributed by atoms with van der Waals surface area (Å²) >= 11 is 0. The number of nitrogens with two attached hydrogens (primary N) is 1. The third-order valence-electron chi connectivity index (χ3n) is 6.53. The van der Waals surface area contributed by atoms with Crippen molar-refractivity contribution < 1.29 is 30.7 Å². The molecule has 0 spiro atoms. The van der Waals surface area contributed by atoms with Gasteiger partial charge in [0.1, 0.15) is 17.2 Å². The van der Waals surface area contributed by atoms with Crippen molar-refractivity contribution in [1.29, 1.82) is 0 Å². The van der Waals surface area contributed by atoms with Gasteiger partial charge in [0.25, 0.3) is 5.92 Å². The molecule has 0 unspecified atom stereocenters. The quantitative estimate of drug-likeness (QED) is 0.359. The summed E-state index contributed by atoms with van der Waals surface area (Å²) in [5.41, 5.74) is 6.18. The molecule has 1 fully saturated rings. The third-order valence-corrected chi connectivity index (χ3v) is 7.78. The summed E-state index contributed by atoms with van der Waals surface area (Å²) in [6.45, 7) is -0.101. The SMILES string of the molecule is COc1nc(N)nn2c([C@H]3CCN(S(C)(=O)=O)CC3(F)F)c(F)c(-c3ccc4nnn(C[C@@H](C)F)c4c3)c12. The zero-order valence-corrected chi connectivity index (χ0v) is 21.4. The number of halogens is 4. The van der Waals surface area contributed by atoms with Crippen LogP contribution in [0.5, 0.6) is 5.88 Å². The van der Waals surface area contributed by atoms with Gasteiger partial charge < -0.3 is 10.5 Å². The van der Waals surface area contributed by atoms with Gasteiger partial charge in [-0.05, 0) is 31.0 Å². The number of piperidine rings is 1. The van der Waals surface area contributed by atoms with Gasteiger partial charge in [0, 0.05) is 6.54 Å². The van der Waals surface area contributed by atoms with Gasteiger partial charge in [0.05, 0.1) is 49.1 Å². The molecular formula is C22H24F4N8O3S. The number of alkyl halides is 3. The summed E-state index contributed by atoms with van der Waals surface area (Å²) < 4.78 is 93.0. The number of aromatic nitrogens is 6. The predicted octanol–water partition coefficient (Wildman–Crippen LogP) is 2.61. The highest BCUT2D eigenvalue weighted by Gasteiger charge is 2.50. The first kappa shape index (κ1) is 26.1. The molecule has 4 aromatic rings. The number of benzene rings is 1. The van der Waals surface area contributed by atoms with E-state index in [-0.39, 0.29) is 48.0 Å². The summed E-state index contributed by atoms with van der Waals surface area (Å²) in [7, 11) is -2.63. The first-order valence-corrected chi connectivity index (χ1v) is 13.4. The number of hydrogen-bond acceptors (Lipinski definition) is 8. The van der Waals surface area contributed by atoms with Crippen LogP contribution >= 0.6 is 0 Å². The second-order valence-electron chi connectivity index (χ2n) is 9.27. The normalized spacial score (nSPS) is 19.3. The number of nitrogens with zero attached hydrogens (tertiary/aromatic N) is 7. The minimum Gasteiger partial charge on any atom is -0.479 e. The van der Waals surface area contributed by atoms with Crippen LogP contribution in [-0.2, 0) is 16.6 Å². The zero-order chi connectivity index (χ0) is 27.6. The lowest BCUT2D eigenvalue weighted by Gasteiger charge is -2.36. The Morgan fingerprint density at radius 3 is 2.68 bits per heavy atom. The number of methoxy groups -OCH3 is 1. The fourth-order valence-corrected chi connectivity index (χ4v) is 5.71. The molecule has 11 nitrogen and oxygen atoms in total. The van der Waals surface area contributed by atoms with E-state index in [0.717, 1.165) is 10.8 Å². The van der Waals surface area contributed by atoms with Gasteiger partial charge in [-0.1, -0.05) is 11.3 Å². The molecule has 2 N–H and O–H groups in total. The van der Waals surface area contributed by atoms with Crippen LogP contribution in [0, 0.1) is 5.82 Å². The van der Waals surface area contributed by atoms with Crippen molar-refractivity contribution in [3.63, 3.8) is 0 Å². The van der Waals surface area contributed by atoms with Crippen LogP contribution in [0.4, 0.5) is 23.5 Å². The minimum atomic E-state index is -3.89. The van der Waals surface area contributed by atoms with E-state index in [4.69, 9.17) is 10.5 Å². The summed E-state index contributed by atoms with van der Waals surface area (Å²) in [5, 5.41) is 12.0. The fraction of sp³-hybridized carbons (Fsp3) is 0.455. The zero-order valence-electron chi connectivity index (χ0n) is 20.6. The Morgan fingerprint density at radius 1 is 1.32 bits per heavy atom. The van der Waals surface area contributed by atoms with Crippen LogP contribution in [0.3, 0.4) is 0 Å². The number of fused-ring (bicyclic) bond motifs is 2. The highest BCUT2D eigenvalue weighted by Crippen LogP contribution is 2.46. The average molecular weight is 557 g/mol. The van der Waals surface area contributed by atoms with E-state index in [1.54, 1.807) is 6.07 Å². The van der Waals surface area contributed by atoms with Crippen molar-refractivity contribution in [3.8, 4) is 17.0 Å². The molecule has 3 aromatic heterocycles. The fourth-order valence-electron chi connectivity index (χ4n) is 4.86. The molecule has 1 aromatic carbocycles. The molecule has 0 radical (unpaired) electrons. The third kappa shape index (κ3) is 4.30. The summed E-state index contributed by atoms with van der Waals surface area (Å²) in [5.74, 6) is -6.88. The smallest absolute Gasteiger partial charge is 0.270 e. The van der Waals surface area contributed by atoms with Crippen molar-refractivity contribution in [2.45, 2.75) is 37.9 Å². The van der Waals surface area contributed by atoms with Crippen LogP contribution in [-0.4, -0.2) is 80.9 Å².